The highest BCUT2D eigenvalue weighted by molar-refractivity contribution is 6.06. The number of methoxy groups -OCH3 is 2. The van der Waals surface area contributed by atoms with Crippen molar-refractivity contribution in [3.05, 3.63) is 29.8 Å². The van der Waals surface area contributed by atoms with Crippen LogP contribution >= 0.6 is 0 Å². The van der Waals surface area contributed by atoms with Crippen LogP contribution in [0.1, 0.15) is 18.9 Å². The Bertz CT molecular complexity index is 866. The number of ether oxygens (including phenoxy) is 3. The number of benzene rings is 1. The molecule has 0 radical (unpaired) electrons. The molecule has 8 heteroatoms. The van der Waals surface area contributed by atoms with E-state index in [2.05, 4.69) is 5.10 Å². The van der Waals surface area contributed by atoms with Gasteiger partial charge in [-0.15, -0.1) is 0 Å². The molecule has 1 aromatic carbocycles. The van der Waals surface area contributed by atoms with Crippen molar-refractivity contribution in [2.24, 2.45) is 28.8 Å². The van der Waals surface area contributed by atoms with Gasteiger partial charge in [0.25, 0.3) is 11.8 Å². The lowest BCUT2D eigenvalue weighted by molar-refractivity contribution is -0.140. The fourth-order valence-corrected chi connectivity index (χ4v) is 4.34. The minimum Gasteiger partial charge on any atom is -0.493 e. The summed E-state index contributed by atoms with van der Waals surface area (Å²) < 4.78 is 15.7. The zero-order valence-electron chi connectivity index (χ0n) is 15.7. The largest absolute Gasteiger partial charge is 0.493 e. The van der Waals surface area contributed by atoms with Crippen LogP contribution in [0.3, 0.4) is 0 Å². The molecule has 1 aliphatic heterocycles. The third-order valence-corrected chi connectivity index (χ3v) is 5.50. The van der Waals surface area contributed by atoms with E-state index in [0.29, 0.717) is 5.56 Å². The molecule has 146 valence electrons. The first-order valence-electron chi connectivity index (χ1n) is 8.99. The van der Waals surface area contributed by atoms with Crippen molar-refractivity contribution in [1.82, 2.24) is 5.01 Å². The molecule has 1 aromatic rings. The zero-order valence-corrected chi connectivity index (χ0v) is 15.7. The van der Waals surface area contributed by atoms with Crippen LogP contribution < -0.4 is 14.2 Å². The molecular weight excluding hydrogens is 364 g/mol. The van der Waals surface area contributed by atoms with Crippen molar-refractivity contribution < 1.29 is 28.6 Å². The van der Waals surface area contributed by atoms with Gasteiger partial charge in [-0.1, -0.05) is 12.2 Å². The molecule has 2 amide bonds. The number of carbonyl (C=O) groups is 3. The first-order valence-corrected chi connectivity index (χ1v) is 8.99. The summed E-state index contributed by atoms with van der Waals surface area (Å²) in [6.45, 7) is 1.28. The van der Waals surface area contributed by atoms with Gasteiger partial charge >= 0.3 is 5.97 Å². The van der Waals surface area contributed by atoms with E-state index in [1.165, 1.54) is 27.4 Å². The van der Waals surface area contributed by atoms with Crippen LogP contribution in [0.25, 0.3) is 0 Å². The van der Waals surface area contributed by atoms with Crippen LogP contribution in [0.5, 0.6) is 17.2 Å². The minimum atomic E-state index is -0.513. The topological polar surface area (TPSA) is 94.5 Å². The maximum Gasteiger partial charge on any atom is 0.308 e. The lowest BCUT2D eigenvalue weighted by atomic mass is 9.85. The van der Waals surface area contributed by atoms with Gasteiger partial charge < -0.3 is 14.2 Å². The molecule has 8 nitrogen and oxygen atoms in total. The highest BCUT2D eigenvalue weighted by atomic mass is 16.6. The zero-order chi connectivity index (χ0) is 20.0. The molecule has 1 heterocycles. The molecule has 28 heavy (non-hydrogen) atoms. The second kappa shape index (κ2) is 6.78. The molecule has 0 aromatic heterocycles. The van der Waals surface area contributed by atoms with Gasteiger partial charge in [-0.2, -0.15) is 10.1 Å². The third kappa shape index (κ3) is 2.76. The average molecular weight is 384 g/mol. The summed E-state index contributed by atoms with van der Waals surface area (Å²) in [7, 11) is 2.86. The molecule has 1 saturated carbocycles. The van der Waals surface area contributed by atoms with Crippen molar-refractivity contribution in [3.63, 3.8) is 0 Å². The molecule has 0 N–H and O–H groups in total. The van der Waals surface area contributed by atoms with Gasteiger partial charge in [-0.05, 0) is 30.4 Å². The maximum atomic E-state index is 12.7. The van der Waals surface area contributed by atoms with Gasteiger partial charge in [0.1, 0.15) is 0 Å². The lowest BCUT2D eigenvalue weighted by Crippen LogP contribution is -2.28. The van der Waals surface area contributed by atoms with Gasteiger partial charge in [0.15, 0.2) is 11.5 Å². The minimum absolute atomic E-state index is 0.134. The summed E-state index contributed by atoms with van der Waals surface area (Å²) in [5.74, 6) is -0.642. The summed E-state index contributed by atoms with van der Waals surface area (Å²) >= 11 is 0. The highest BCUT2D eigenvalue weighted by Gasteiger charge is 2.59. The Hall–Kier alpha value is -3.16. The molecular formula is C20H20N2O6. The SMILES string of the molecule is COc1cc(C=NN2C(=O)[C@@H]3[C@H](C2=O)[C@H]2C=C[C@H]3C2)cc(OC)c1OC(C)=O. The molecule has 0 unspecified atom stereocenters. The summed E-state index contributed by atoms with van der Waals surface area (Å²) in [4.78, 5) is 36.7. The van der Waals surface area contributed by atoms with Crippen molar-refractivity contribution in [1.29, 1.82) is 0 Å². The number of allylic oxidation sites excluding steroid dienone is 2. The van der Waals surface area contributed by atoms with Crippen LogP contribution in [-0.4, -0.2) is 43.2 Å². The van der Waals surface area contributed by atoms with Crippen LogP contribution in [0.15, 0.2) is 29.4 Å². The maximum absolute atomic E-state index is 12.7. The summed E-state index contributed by atoms with van der Waals surface area (Å²) in [5.41, 5.74) is 0.531. The predicted molar refractivity (Wildman–Crippen MR) is 98.0 cm³/mol. The van der Waals surface area contributed by atoms with E-state index in [9.17, 15) is 14.4 Å². The van der Waals surface area contributed by atoms with Crippen LogP contribution in [0.2, 0.25) is 0 Å². The number of esters is 1. The Morgan fingerprint density at radius 3 is 2.07 bits per heavy atom. The van der Waals surface area contributed by atoms with Crippen LogP contribution in [-0.2, 0) is 14.4 Å². The van der Waals surface area contributed by atoms with E-state index in [0.717, 1.165) is 11.4 Å². The Morgan fingerprint density at radius 2 is 1.61 bits per heavy atom. The van der Waals surface area contributed by atoms with Crippen molar-refractivity contribution in [2.75, 3.05) is 14.2 Å². The number of rotatable bonds is 5. The fourth-order valence-electron chi connectivity index (χ4n) is 4.34. The van der Waals surface area contributed by atoms with E-state index >= 15 is 0 Å². The Balaban J connectivity index is 1.61. The monoisotopic (exact) mass is 384 g/mol. The third-order valence-electron chi connectivity index (χ3n) is 5.50. The van der Waals surface area contributed by atoms with E-state index in [-0.39, 0.29) is 52.7 Å². The van der Waals surface area contributed by atoms with Crippen molar-refractivity contribution in [2.45, 2.75) is 13.3 Å². The normalized spacial score (nSPS) is 27.6. The van der Waals surface area contributed by atoms with E-state index in [4.69, 9.17) is 14.2 Å². The van der Waals surface area contributed by atoms with Gasteiger partial charge in [-0.25, -0.2) is 0 Å². The van der Waals surface area contributed by atoms with Gasteiger partial charge in [-0.3, -0.25) is 14.4 Å². The molecule has 2 aliphatic carbocycles. The number of amides is 2. The number of hydrazone groups is 1. The first kappa shape index (κ1) is 18.2. The number of carbonyl (C=O) groups excluding carboxylic acids is 3. The van der Waals surface area contributed by atoms with E-state index < -0.39 is 5.97 Å². The predicted octanol–water partition coefficient (Wildman–Crippen LogP) is 1.77. The quantitative estimate of drug-likeness (QED) is 0.252. The summed E-state index contributed by atoms with van der Waals surface area (Å²) in [5, 5.41) is 5.11. The molecule has 2 bridgehead atoms. The molecule has 2 fully saturated rings. The first-order chi connectivity index (χ1) is 13.4. The van der Waals surface area contributed by atoms with Gasteiger partial charge in [0.2, 0.25) is 5.75 Å². The number of imide groups is 1. The standard InChI is InChI=1S/C20H20N2O6/c1-10(23)28-18-14(26-2)6-11(7-15(18)27-3)9-21-22-19(24)16-12-4-5-13(8-12)17(16)20(22)25/h4-7,9,12-13,16-17H,8H2,1-3H3/t12-,13-,16-,17+/m0/s1. The second-order valence-corrected chi connectivity index (χ2v) is 7.08. The molecule has 4 atom stereocenters. The average Bonchev–Trinajstić information content (AvgIpc) is 3.35. The Morgan fingerprint density at radius 1 is 1.07 bits per heavy atom. The Kier molecular flexibility index (Phi) is 4.41. The highest BCUT2D eigenvalue weighted by Crippen LogP contribution is 2.52. The van der Waals surface area contributed by atoms with Crippen LogP contribution in [0, 0.1) is 23.7 Å². The summed E-state index contributed by atoms with van der Waals surface area (Å²) in [6.07, 6.45) is 6.34. The fraction of sp³-hybridized carbons (Fsp3) is 0.400. The van der Waals surface area contributed by atoms with Gasteiger partial charge in [0.05, 0.1) is 32.3 Å². The number of hydrogen-bond donors (Lipinski definition) is 0. The number of nitrogens with zero attached hydrogens (tertiary/aromatic N) is 2. The molecule has 0 spiro atoms. The van der Waals surface area contributed by atoms with Crippen molar-refractivity contribution in [3.8, 4) is 17.2 Å². The number of fused-ring (bicyclic) bond motifs is 5. The smallest absolute Gasteiger partial charge is 0.308 e. The van der Waals surface area contributed by atoms with Crippen LogP contribution in [0.4, 0.5) is 0 Å². The Labute approximate surface area is 161 Å². The molecule has 1 saturated heterocycles. The van der Waals surface area contributed by atoms with Gasteiger partial charge in [0, 0.05) is 12.5 Å². The summed E-state index contributed by atoms with van der Waals surface area (Å²) in [6, 6.07) is 3.17. The van der Waals surface area contributed by atoms with E-state index in [1.807, 2.05) is 12.2 Å². The lowest BCUT2D eigenvalue weighted by Gasteiger charge is -2.14. The molecule has 3 aliphatic rings. The van der Waals surface area contributed by atoms with Crippen molar-refractivity contribution >= 4 is 24.0 Å². The number of hydrogen-bond acceptors (Lipinski definition) is 7. The second-order valence-electron chi connectivity index (χ2n) is 7.08. The van der Waals surface area contributed by atoms with E-state index in [1.54, 1.807) is 12.1 Å². The molecule has 4 rings (SSSR count).